The van der Waals surface area contributed by atoms with E-state index in [2.05, 4.69) is 10.6 Å². The number of ether oxygens (including phenoxy) is 2. The van der Waals surface area contributed by atoms with Crippen LogP contribution in [0.25, 0.3) is 0 Å². The molecule has 2 heterocycles. The highest BCUT2D eigenvalue weighted by Gasteiger charge is 2.26. The molecule has 0 aromatic carbocycles. The van der Waals surface area contributed by atoms with Crippen molar-refractivity contribution in [3.05, 3.63) is 0 Å². The van der Waals surface area contributed by atoms with Crippen molar-refractivity contribution in [2.45, 2.75) is 44.4 Å². The van der Waals surface area contributed by atoms with E-state index < -0.39 is 6.10 Å². The van der Waals surface area contributed by atoms with Gasteiger partial charge in [-0.25, -0.2) is 0 Å². The summed E-state index contributed by atoms with van der Waals surface area (Å²) in [4.78, 5) is 11.9. The van der Waals surface area contributed by atoms with Gasteiger partial charge >= 0.3 is 0 Å². The lowest BCUT2D eigenvalue weighted by molar-refractivity contribution is -0.148. The third-order valence-electron chi connectivity index (χ3n) is 3.43. The molecular weight excluding hydrogens is 220 g/mol. The maximum Gasteiger partial charge on any atom is 0.251 e. The highest BCUT2D eigenvalue weighted by molar-refractivity contribution is 5.81. The zero-order valence-electron chi connectivity index (χ0n) is 10.4. The standard InChI is InChI=1S/C12H22N2O3/c1-9(10-4-2-3-5-13-10)14-12(15)11-8-16-6-7-17-11/h9-11,13H,2-8H2,1H3,(H,14,15)/t9-,10+,11+/m0/s1. The number of carbonyl (C=O) groups excluding carboxylic acids is 1. The van der Waals surface area contributed by atoms with Gasteiger partial charge in [0.1, 0.15) is 0 Å². The molecule has 2 saturated heterocycles. The van der Waals surface area contributed by atoms with Crippen LogP contribution in [-0.2, 0) is 14.3 Å². The molecule has 2 rings (SSSR count). The van der Waals surface area contributed by atoms with Gasteiger partial charge in [-0.2, -0.15) is 0 Å². The SMILES string of the molecule is C[C@H](NC(=O)[C@H]1COCCO1)[C@H]1CCCCN1. The second kappa shape index (κ2) is 6.33. The largest absolute Gasteiger partial charge is 0.376 e. The molecule has 1 amide bonds. The molecule has 0 aromatic rings. The van der Waals surface area contributed by atoms with Crippen LogP contribution < -0.4 is 10.6 Å². The fourth-order valence-electron chi connectivity index (χ4n) is 2.36. The smallest absolute Gasteiger partial charge is 0.251 e. The van der Waals surface area contributed by atoms with Crippen molar-refractivity contribution in [2.24, 2.45) is 0 Å². The summed E-state index contributed by atoms with van der Waals surface area (Å²) < 4.78 is 10.6. The molecule has 2 N–H and O–H groups in total. The monoisotopic (exact) mass is 242 g/mol. The molecule has 2 aliphatic heterocycles. The fraction of sp³-hybridized carbons (Fsp3) is 0.917. The van der Waals surface area contributed by atoms with E-state index in [0.717, 1.165) is 13.0 Å². The van der Waals surface area contributed by atoms with E-state index in [1.807, 2.05) is 6.92 Å². The molecule has 2 aliphatic rings. The van der Waals surface area contributed by atoms with Gasteiger partial charge in [0.05, 0.1) is 19.8 Å². The molecule has 5 heteroatoms. The number of rotatable bonds is 3. The van der Waals surface area contributed by atoms with E-state index in [0.29, 0.717) is 25.9 Å². The van der Waals surface area contributed by atoms with Crippen molar-refractivity contribution < 1.29 is 14.3 Å². The maximum atomic E-state index is 11.9. The average Bonchev–Trinajstić information content (AvgIpc) is 2.40. The molecule has 0 saturated carbocycles. The van der Waals surface area contributed by atoms with Crippen LogP contribution in [0, 0.1) is 0 Å². The summed E-state index contributed by atoms with van der Waals surface area (Å²) in [6, 6.07) is 0.533. The van der Waals surface area contributed by atoms with Gasteiger partial charge in [0, 0.05) is 12.1 Å². The molecular formula is C12H22N2O3. The van der Waals surface area contributed by atoms with Crippen LogP contribution in [-0.4, -0.2) is 50.5 Å². The Morgan fingerprint density at radius 2 is 2.29 bits per heavy atom. The first-order chi connectivity index (χ1) is 8.27. The summed E-state index contributed by atoms with van der Waals surface area (Å²) in [5, 5.41) is 6.45. The lowest BCUT2D eigenvalue weighted by Gasteiger charge is -2.31. The number of hydrogen-bond acceptors (Lipinski definition) is 4. The Bertz CT molecular complexity index is 248. The first kappa shape index (κ1) is 12.8. The highest BCUT2D eigenvalue weighted by Crippen LogP contribution is 2.11. The van der Waals surface area contributed by atoms with Crippen molar-refractivity contribution >= 4 is 5.91 Å². The molecule has 0 unspecified atom stereocenters. The summed E-state index contributed by atoms with van der Waals surface area (Å²) in [6.07, 6.45) is 3.16. The van der Waals surface area contributed by atoms with E-state index in [-0.39, 0.29) is 11.9 Å². The van der Waals surface area contributed by atoms with Gasteiger partial charge in [-0.1, -0.05) is 6.42 Å². The first-order valence-electron chi connectivity index (χ1n) is 6.50. The topological polar surface area (TPSA) is 59.6 Å². The Hall–Kier alpha value is -0.650. The number of hydrogen-bond donors (Lipinski definition) is 2. The molecule has 98 valence electrons. The van der Waals surface area contributed by atoms with E-state index in [9.17, 15) is 4.79 Å². The number of amides is 1. The molecule has 0 aliphatic carbocycles. The Morgan fingerprint density at radius 1 is 1.41 bits per heavy atom. The Kier molecular flexibility index (Phi) is 4.76. The Labute approximate surface area is 102 Å². The predicted molar refractivity (Wildman–Crippen MR) is 63.8 cm³/mol. The highest BCUT2D eigenvalue weighted by atomic mass is 16.6. The molecule has 17 heavy (non-hydrogen) atoms. The minimum Gasteiger partial charge on any atom is -0.376 e. The first-order valence-corrected chi connectivity index (χ1v) is 6.50. The van der Waals surface area contributed by atoms with Gasteiger partial charge < -0.3 is 20.1 Å². The van der Waals surface area contributed by atoms with Crippen LogP contribution in [0.1, 0.15) is 26.2 Å². The molecule has 2 fully saturated rings. The third-order valence-corrected chi connectivity index (χ3v) is 3.43. The molecule has 0 radical (unpaired) electrons. The van der Waals surface area contributed by atoms with Gasteiger partial charge in [-0.15, -0.1) is 0 Å². The summed E-state index contributed by atoms with van der Waals surface area (Å²) >= 11 is 0. The van der Waals surface area contributed by atoms with Crippen LogP contribution >= 0.6 is 0 Å². The second-order valence-electron chi connectivity index (χ2n) is 4.79. The van der Waals surface area contributed by atoms with Gasteiger partial charge in [0.25, 0.3) is 5.91 Å². The summed E-state index contributed by atoms with van der Waals surface area (Å²) in [7, 11) is 0. The number of piperidine rings is 1. The third kappa shape index (κ3) is 3.66. The van der Waals surface area contributed by atoms with Gasteiger partial charge in [-0.3, -0.25) is 4.79 Å². The quantitative estimate of drug-likeness (QED) is 0.734. The summed E-state index contributed by atoms with van der Waals surface area (Å²) in [5.74, 6) is -0.0513. The molecule has 0 spiro atoms. The van der Waals surface area contributed by atoms with Crippen LogP contribution in [0.15, 0.2) is 0 Å². The van der Waals surface area contributed by atoms with E-state index in [1.165, 1.54) is 12.8 Å². The minimum atomic E-state index is -0.435. The normalized spacial score (nSPS) is 31.8. The van der Waals surface area contributed by atoms with Crippen LogP contribution in [0.5, 0.6) is 0 Å². The van der Waals surface area contributed by atoms with Gasteiger partial charge in [-0.05, 0) is 26.3 Å². The number of carbonyl (C=O) groups is 1. The molecule has 0 aromatic heterocycles. The Balaban J connectivity index is 1.76. The van der Waals surface area contributed by atoms with E-state index >= 15 is 0 Å². The lowest BCUT2D eigenvalue weighted by Crippen LogP contribution is -2.53. The Morgan fingerprint density at radius 3 is 2.94 bits per heavy atom. The maximum absolute atomic E-state index is 11.9. The van der Waals surface area contributed by atoms with Crippen molar-refractivity contribution in [3.63, 3.8) is 0 Å². The average molecular weight is 242 g/mol. The van der Waals surface area contributed by atoms with Gasteiger partial charge in [0.2, 0.25) is 0 Å². The second-order valence-corrected chi connectivity index (χ2v) is 4.79. The van der Waals surface area contributed by atoms with Crippen LogP contribution in [0.2, 0.25) is 0 Å². The van der Waals surface area contributed by atoms with E-state index in [1.54, 1.807) is 0 Å². The lowest BCUT2D eigenvalue weighted by atomic mass is 9.99. The predicted octanol–water partition coefficient (Wildman–Crippen LogP) is 0.0486. The van der Waals surface area contributed by atoms with Crippen molar-refractivity contribution in [2.75, 3.05) is 26.4 Å². The van der Waals surface area contributed by atoms with Crippen molar-refractivity contribution in [3.8, 4) is 0 Å². The number of nitrogens with one attached hydrogen (secondary N) is 2. The van der Waals surface area contributed by atoms with Crippen molar-refractivity contribution in [1.82, 2.24) is 10.6 Å². The van der Waals surface area contributed by atoms with Crippen molar-refractivity contribution in [1.29, 1.82) is 0 Å². The summed E-state index contributed by atoms with van der Waals surface area (Å²) in [6.45, 7) is 4.56. The zero-order valence-corrected chi connectivity index (χ0v) is 10.4. The molecule has 3 atom stereocenters. The van der Waals surface area contributed by atoms with Crippen LogP contribution in [0.4, 0.5) is 0 Å². The molecule has 0 bridgehead atoms. The van der Waals surface area contributed by atoms with Gasteiger partial charge in [0.15, 0.2) is 6.10 Å². The fourth-order valence-corrected chi connectivity index (χ4v) is 2.36. The molecule has 5 nitrogen and oxygen atoms in total. The zero-order chi connectivity index (χ0) is 12.1. The summed E-state index contributed by atoms with van der Waals surface area (Å²) in [5.41, 5.74) is 0. The minimum absolute atomic E-state index is 0.0513. The van der Waals surface area contributed by atoms with Crippen LogP contribution in [0.3, 0.4) is 0 Å². The van der Waals surface area contributed by atoms with E-state index in [4.69, 9.17) is 9.47 Å².